The van der Waals surface area contributed by atoms with E-state index in [1.165, 1.54) is 0 Å². The lowest BCUT2D eigenvalue weighted by Gasteiger charge is -2.07. The number of hydrogen-bond acceptors (Lipinski definition) is 4. The molecule has 0 radical (unpaired) electrons. The fraction of sp³-hybridized carbons (Fsp3) is 0.222. The van der Waals surface area contributed by atoms with Crippen molar-refractivity contribution in [3.05, 3.63) is 34.3 Å². The van der Waals surface area contributed by atoms with Crippen molar-refractivity contribution in [1.82, 2.24) is 4.98 Å². The summed E-state index contributed by atoms with van der Waals surface area (Å²) in [6.07, 6.45) is -0.785. The van der Waals surface area contributed by atoms with Crippen molar-refractivity contribution in [3.63, 3.8) is 0 Å². The van der Waals surface area contributed by atoms with Crippen LogP contribution in [0.1, 0.15) is 11.7 Å². The van der Waals surface area contributed by atoms with Gasteiger partial charge in [0.1, 0.15) is 0 Å². The molecule has 0 aliphatic carbocycles. The third kappa shape index (κ3) is 1.32. The van der Waals surface area contributed by atoms with Crippen LogP contribution in [0, 0.1) is 0 Å². The second-order valence-corrected chi connectivity index (χ2v) is 2.99. The van der Waals surface area contributed by atoms with Gasteiger partial charge in [0.25, 0.3) is 0 Å². The molecule has 74 valence electrons. The molecule has 0 saturated carbocycles. The lowest BCUT2D eigenvalue weighted by Crippen LogP contribution is -2.12. The number of aromatic amines is 1. The van der Waals surface area contributed by atoms with Crippen molar-refractivity contribution in [3.8, 4) is 0 Å². The summed E-state index contributed by atoms with van der Waals surface area (Å²) >= 11 is 0. The minimum absolute atomic E-state index is 0.103. The number of para-hydroxylation sites is 1. The van der Waals surface area contributed by atoms with Crippen LogP contribution < -0.4 is 11.5 Å². The monoisotopic (exact) mass is 194 g/mol. The zero-order valence-corrected chi connectivity index (χ0v) is 7.36. The lowest BCUT2D eigenvalue weighted by atomic mass is 10.1. The van der Waals surface area contributed by atoms with Crippen LogP contribution in [-0.4, -0.2) is 16.6 Å². The number of rotatable bonds is 2. The molecule has 0 saturated heterocycles. The summed E-state index contributed by atoms with van der Waals surface area (Å²) in [6.45, 7) is 0.103. The van der Waals surface area contributed by atoms with Crippen molar-refractivity contribution in [2.75, 3.05) is 6.54 Å². The number of aromatic nitrogens is 1. The van der Waals surface area contributed by atoms with Crippen LogP contribution in [0.3, 0.4) is 0 Å². The highest BCUT2D eigenvalue weighted by molar-refractivity contribution is 5.76. The van der Waals surface area contributed by atoms with Crippen molar-refractivity contribution in [2.45, 2.75) is 6.10 Å². The van der Waals surface area contributed by atoms with Gasteiger partial charge in [-0.2, -0.15) is 0 Å². The number of H-pyrrole nitrogens is 1. The maximum absolute atomic E-state index is 10.9. The normalized spacial score (nSPS) is 13.3. The summed E-state index contributed by atoms with van der Waals surface area (Å²) < 4.78 is 4.84. The van der Waals surface area contributed by atoms with Crippen LogP contribution >= 0.6 is 0 Å². The van der Waals surface area contributed by atoms with Gasteiger partial charge in [-0.25, -0.2) is 4.79 Å². The number of fused-ring (bicyclic) bond motifs is 1. The SMILES string of the molecule is NCC(O)c1cccc2oc(=O)[nH]c12. The van der Waals surface area contributed by atoms with E-state index in [-0.39, 0.29) is 6.54 Å². The van der Waals surface area contributed by atoms with Gasteiger partial charge < -0.3 is 15.3 Å². The van der Waals surface area contributed by atoms with Crippen LogP contribution in [0.5, 0.6) is 0 Å². The Kier molecular flexibility index (Phi) is 2.11. The van der Waals surface area contributed by atoms with Gasteiger partial charge in [-0.1, -0.05) is 12.1 Å². The molecule has 14 heavy (non-hydrogen) atoms. The van der Waals surface area contributed by atoms with E-state index in [0.29, 0.717) is 16.7 Å². The molecule has 0 aliphatic rings. The van der Waals surface area contributed by atoms with Gasteiger partial charge in [-0.3, -0.25) is 4.98 Å². The molecule has 1 aromatic carbocycles. The first-order valence-corrected chi connectivity index (χ1v) is 4.22. The van der Waals surface area contributed by atoms with E-state index >= 15 is 0 Å². The fourth-order valence-electron chi connectivity index (χ4n) is 1.40. The average molecular weight is 194 g/mol. The molecule has 0 aliphatic heterocycles. The van der Waals surface area contributed by atoms with Crippen molar-refractivity contribution >= 4 is 11.1 Å². The zero-order chi connectivity index (χ0) is 10.1. The first-order chi connectivity index (χ1) is 6.72. The molecule has 0 spiro atoms. The number of nitrogens with two attached hydrogens (primary N) is 1. The molecule has 2 aromatic rings. The summed E-state index contributed by atoms with van der Waals surface area (Å²) in [7, 11) is 0. The molecule has 4 N–H and O–H groups in total. The Bertz CT molecular complexity index is 500. The van der Waals surface area contributed by atoms with Gasteiger partial charge in [0, 0.05) is 12.1 Å². The van der Waals surface area contributed by atoms with E-state index in [2.05, 4.69) is 4.98 Å². The second-order valence-electron chi connectivity index (χ2n) is 2.99. The highest BCUT2D eigenvalue weighted by Gasteiger charge is 2.12. The van der Waals surface area contributed by atoms with Gasteiger partial charge in [0.05, 0.1) is 11.6 Å². The Morgan fingerprint density at radius 2 is 2.36 bits per heavy atom. The zero-order valence-electron chi connectivity index (χ0n) is 7.36. The minimum Gasteiger partial charge on any atom is -0.408 e. The molecule has 0 fully saturated rings. The molecule has 5 nitrogen and oxygen atoms in total. The number of hydrogen-bond donors (Lipinski definition) is 3. The fourth-order valence-corrected chi connectivity index (χ4v) is 1.40. The average Bonchev–Trinajstić information content (AvgIpc) is 2.56. The van der Waals surface area contributed by atoms with Crippen LogP contribution in [0.25, 0.3) is 11.1 Å². The van der Waals surface area contributed by atoms with Crippen LogP contribution in [-0.2, 0) is 0 Å². The van der Waals surface area contributed by atoms with E-state index in [1.54, 1.807) is 18.2 Å². The first-order valence-electron chi connectivity index (χ1n) is 4.22. The molecular weight excluding hydrogens is 184 g/mol. The van der Waals surface area contributed by atoms with Crippen molar-refractivity contribution in [1.29, 1.82) is 0 Å². The predicted octanol–water partition coefficient (Wildman–Crippen LogP) is 0.113. The summed E-state index contributed by atoms with van der Waals surface area (Å²) in [4.78, 5) is 13.4. The molecule has 0 amide bonds. The standard InChI is InChI=1S/C9H10N2O3/c10-4-6(12)5-2-1-3-7-8(5)11-9(13)14-7/h1-3,6,12H,4,10H2,(H,11,13). The van der Waals surface area contributed by atoms with Crippen LogP contribution in [0.4, 0.5) is 0 Å². The van der Waals surface area contributed by atoms with E-state index in [1.807, 2.05) is 0 Å². The Hall–Kier alpha value is -1.59. The Morgan fingerprint density at radius 1 is 1.57 bits per heavy atom. The molecular formula is C9H10N2O3. The van der Waals surface area contributed by atoms with E-state index in [9.17, 15) is 9.90 Å². The van der Waals surface area contributed by atoms with E-state index < -0.39 is 11.9 Å². The Morgan fingerprint density at radius 3 is 3.07 bits per heavy atom. The topological polar surface area (TPSA) is 92.2 Å². The summed E-state index contributed by atoms with van der Waals surface area (Å²) in [6, 6.07) is 5.05. The third-order valence-electron chi connectivity index (χ3n) is 2.07. The Labute approximate surface area is 79.2 Å². The minimum atomic E-state index is -0.785. The van der Waals surface area contributed by atoms with Crippen molar-refractivity contribution < 1.29 is 9.52 Å². The molecule has 2 rings (SSSR count). The maximum Gasteiger partial charge on any atom is 0.417 e. The van der Waals surface area contributed by atoms with Crippen LogP contribution in [0.15, 0.2) is 27.4 Å². The summed E-state index contributed by atoms with van der Waals surface area (Å²) in [5.74, 6) is -0.531. The van der Waals surface area contributed by atoms with E-state index in [0.717, 1.165) is 0 Å². The first kappa shape index (κ1) is 8.98. The van der Waals surface area contributed by atoms with Gasteiger partial charge in [0.15, 0.2) is 5.58 Å². The molecule has 0 bridgehead atoms. The van der Waals surface area contributed by atoms with E-state index in [4.69, 9.17) is 10.2 Å². The molecule has 1 aromatic heterocycles. The highest BCUT2D eigenvalue weighted by Crippen LogP contribution is 2.20. The smallest absolute Gasteiger partial charge is 0.408 e. The lowest BCUT2D eigenvalue weighted by molar-refractivity contribution is 0.188. The van der Waals surface area contributed by atoms with Gasteiger partial charge >= 0.3 is 5.76 Å². The molecule has 1 heterocycles. The maximum atomic E-state index is 10.9. The molecule has 1 unspecified atom stereocenters. The Balaban J connectivity index is 2.70. The second kappa shape index (κ2) is 3.28. The van der Waals surface area contributed by atoms with Crippen LogP contribution in [0.2, 0.25) is 0 Å². The highest BCUT2D eigenvalue weighted by atomic mass is 16.4. The number of nitrogens with one attached hydrogen (secondary N) is 1. The third-order valence-corrected chi connectivity index (χ3v) is 2.07. The number of aliphatic hydroxyl groups excluding tert-OH is 1. The predicted molar refractivity (Wildman–Crippen MR) is 50.8 cm³/mol. The summed E-state index contributed by atoms with van der Waals surface area (Å²) in [5.41, 5.74) is 6.85. The molecule has 1 atom stereocenters. The molecule has 5 heteroatoms. The van der Waals surface area contributed by atoms with Gasteiger partial charge in [-0.15, -0.1) is 0 Å². The number of oxazole rings is 1. The quantitative estimate of drug-likeness (QED) is 0.632. The number of benzene rings is 1. The van der Waals surface area contributed by atoms with Crippen molar-refractivity contribution in [2.24, 2.45) is 5.73 Å². The number of aliphatic hydroxyl groups is 1. The largest absolute Gasteiger partial charge is 0.417 e. The van der Waals surface area contributed by atoms with Gasteiger partial charge in [-0.05, 0) is 6.07 Å². The summed E-state index contributed by atoms with van der Waals surface area (Å²) in [5, 5.41) is 9.55. The van der Waals surface area contributed by atoms with Gasteiger partial charge in [0.2, 0.25) is 0 Å².